The number of pyridine rings is 1. The predicted molar refractivity (Wildman–Crippen MR) is 80.7 cm³/mol. The molecule has 0 aliphatic carbocycles. The minimum absolute atomic E-state index is 0.529. The fraction of sp³-hybridized carbons (Fsp3) is 0.250. The van der Waals surface area contributed by atoms with Gasteiger partial charge in [-0.15, -0.1) is 0 Å². The Balaban J connectivity index is 1.85. The molecule has 5 heteroatoms. The standard InChI is InChI=1S/C16H17N3O2/c1-19(16-11-13(12-17)7-8-18-16)9-10-21-15-5-3-14(20-2)4-6-15/h3-8,11H,9-10H2,1-2H3. The zero-order valence-electron chi connectivity index (χ0n) is 12.1. The van der Waals surface area contributed by atoms with E-state index in [9.17, 15) is 0 Å². The van der Waals surface area contributed by atoms with Crippen molar-refractivity contribution in [1.82, 2.24) is 4.98 Å². The van der Waals surface area contributed by atoms with Gasteiger partial charge in [0.2, 0.25) is 0 Å². The van der Waals surface area contributed by atoms with E-state index in [4.69, 9.17) is 14.7 Å². The molecule has 2 rings (SSSR count). The number of anilines is 1. The monoisotopic (exact) mass is 283 g/mol. The maximum Gasteiger partial charge on any atom is 0.129 e. The molecule has 1 aromatic carbocycles. The van der Waals surface area contributed by atoms with Crippen LogP contribution < -0.4 is 14.4 Å². The maximum absolute atomic E-state index is 8.88. The Morgan fingerprint density at radius 2 is 1.90 bits per heavy atom. The second kappa shape index (κ2) is 7.15. The maximum atomic E-state index is 8.88. The summed E-state index contributed by atoms with van der Waals surface area (Å²) in [5.41, 5.74) is 0.600. The lowest BCUT2D eigenvalue weighted by molar-refractivity contribution is 0.324. The average molecular weight is 283 g/mol. The van der Waals surface area contributed by atoms with E-state index in [1.807, 2.05) is 36.2 Å². The van der Waals surface area contributed by atoms with Crippen LogP contribution in [0.25, 0.3) is 0 Å². The summed E-state index contributed by atoms with van der Waals surface area (Å²) in [6, 6.07) is 13.0. The molecule has 0 aliphatic heterocycles. The Morgan fingerprint density at radius 1 is 1.19 bits per heavy atom. The number of hydrogen-bond donors (Lipinski definition) is 0. The molecule has 0 bridgehead atoms. The normalized spacial score (nSPS) is 9.76. The first-order chi connectivity index (χ1) is 10.2. The summed E-state index contributed by atoms with van der Waals surface area (Å²) < 4.78 is 10.8. The van der Waals surface area contributed by atoms with Crippen molar-refractivity contribution in [2.75, 3.05) is 32.2 Å². The number of benzene rings is 1. The lowest BCUT2D eigenvalue weighted by Gasteiger charge is -2.18. The second-order valence-corrected chi connectivity index (χ2v) is 4.46. The molecule has 0 aliphatic rings. The van der Waals surface area contributed by atoms with E-state index < -0.39 is 0 Å². The zero-order valence-corrected chi connectivity index (χ0v) is 12.1. The zero-order chi connectivity index (χ0) is 15.1. The number of nitriles is 1. The summed E-state index contributed by atoms with van der Waals surface area (Å²) in [5, 5.41) is 8.88. The Hall–Kier alpha value is -2.74. The lowest BCUT2D eigenvalue weighted by atomic mass is 10.3. The summed E-state index contributed by atoms with van der Waals surface area (Å²) in [6.45, 7) is 1.20. The van der Waals surface area contributed by atoms with Crippen molar-refractivity contribution >= 4 is 5.82 Å². The van der Waals surface area contributed by atoms with Gasteiger partial charge in [-0.05, 0) is 36.4 Å². The number of aromatic nitrogens is 1. The van der Waals surface area contributed by atoms with Crippen LogP contribution in [-0.2, 0) is 0 Å². The highest BCUT2D eigenvalue weighted by Gasteiger charge is 2.04. The molecule has 0 N–H and O–H groups in total. The summed E-state index contributed by atoms with van der Waals surface area (Å²) in [4.78, 5) is 6.19. The molecular weight excluding hydrogens is 266 g/mol. The summed E-state index contributed by atoms with van der Waals surface area (Å²) in [7, 11) is 3.55. The van der Waals surface area contributed by atoms with E-state index in [2.05, 4.69) is 11.1 Å². The fourth-order valence-corrected chi connectivity index (χ4v) is 1.78. The molecule has 0 saturated carbocycles. The molecular formula is C16H17N3O2. The minimum Gasteiger partial charge on any atom is -0.497 e. The van der Waals surface area contributed by atoms with Crippen LogP contribution in [0.1, 0.15) is 5.56 Å². The van der Waals surface area contributed by atoms with Crippen LogP contribution in [-0.4, -0.2) is 32.3 Å². The summed E-state index contributed by atoms with van der Waals surface area (Å²) in [5.74, 6) is 2.35. The third kappa shape index (κ3) is 4.11. The van der Waals surface area contributed by atoms with Gasteiger partial charge in [0.15, 0.2) is 0 Å². The van der Waals surface area contributed by atoms with Gasteiger partial charge in [-0.25, -0.2) is 4.98 Å². The molecule has 1 aromatic heterocycles. The average Bonchev–Trinajstić information content (AvgIpc) is 2.55. The van der Waals surface area contributed by atoms with Gasteiger partial charge in [-0.1, -0.05) is 0 Å². The van der Waals surface area contributed by atoms with Gasteiger partial charge < -0.3 is 14.4 Å². The van der Waals surface area contributed by atoms with Crippen LogP contribution in [0.5, 0.6) is 11.5 Å². The lowest BCUT2D eigenvalue weighted by Crippen LogP contribution is -2.24. The molecule has 5 nitrogen and oxygen atoms in total. The van der Waals surface area contributed by atoms with Crippen LogP contribution >= 0.6 is 0 Å². The third-order valence-corrected chi connectivity index (χ3v) is 3.02. The van der Waals surface area contributed by atoms with Gasteiger partial charge in [0, 0.05) is 13.2 Å². The van der Waals surface area contributed by atoms with E-state index in [1.54, 1.807) is 25.4 Å². The van der Waals surface area contributed by atoms with Gasteiger partial charge >= 0.3 is 0 Å². The van der Waals surface area contributed by atoms with Crippen LogP contribution in [0.15, 0.2) is 42.6 Å². The number of hydrogen-bond acceptors (Lipinski definition) is 5. The van der Waals surface area contributed by atoms with Crippen molar-refractivity contribution in [3.63, 3.8) is 0 Å². The van der Waals surface area contributed by atoms with Crippen molar-refractivity contribution in [3.05, 3.63) is 48.2 Å². The molecule has 0 unspecified atom stereocenters. The van der Waals surface area contributed by atoms with Gasteiger partial charge in [0.05, 0.1) is 25.3 Å². The Labute approximate surface area is 124 Å². The highest BCUT2D eigenvalue weighted by Crippen LogP contribution is 2.17. The van der Waals surface area contributed by atoms with Crippen LogP contribution in [0.3, 0.4) is 0 Å². The van der Waals surface area contributed by atoms with E-state index in [0.29, 0.717) is 18.7 Å². The largest absolute Gasteiger partial charge is 0.497 e. The summed E-state index contributed by atoms with van der Waals surface area (Å²) >= 11 is 0. The van der Waals surface area contributed by atoms with E-state index in [0.717, 1.165) is 17.3 Å². The number of nitrogens with zero attached hydrogens (tertiary/aromatic N) is 3. The number of methoxy groups -OCH3 is 1. The van der Waals surface area contributed by atoms with Gasteiger partial charge in [0.1, 0.15) is 23.9 Å². The highest BCUT2D eigenvalue weighted by atomic mass is 16.5. The van der Waals surface area contributed by atoms with Crippen molar-refractivity contribution in [2.45, 2.75) is 0 Å². The molecule has 1 heterocycles. The van der Waals surface area contributed by atoms with Crippen LogP contribution in [0.2, 0.25) is 0 Å². The molecule has 0 amide bonds. The molecule has 2 aromatic rings. The Kier molecular flexibility index (Phi) is 4.99. The number of ether oxygens (including phenoxy) is 2. The molecule has 0 atom stereocenters. The van der Waals surface area contributed by atoms with Crippen molar-refractivity contribution in [2.24, 2.45) is 0 Å². The van der Waals surface area contributed by atoms with E-state index >= 15 is 0 Å². The Bertz CT molecular complexity index is 620. The highest BCUT2D eigenvalue weighted by molar-refractivity contribution is 5.44. The van der Waals surface area contributed by atoms with Crippen molar-refractivity contribution in [3.8, 4) is 17.6 Å². The van der Waals surface area contributed by atoms with Gasteiger partial charge in [0.25, 0.3) is 0 Å². The first-order valence-electron chi connectivity index (χ1n) is 6.57. The SMILES string of the molecule is COc1ccc(OCCN(C)c2cc(C#N)ccn2)cc1. The quantitative estimate of drug-likeness (QED) is 0.815. The van der Waals surface area contributed by atoms with E-state index in [-0.39, 0.29) is 0 Å². The molecule has 0 saturated heterocycles. The van der Waals surface area contributed by atoms with Crippen LogP contribution in [0.4, 0.5) is 5.82 Å². The fourth-order valence-electron chi connectivity index (χ4n) is 1.78. The molecule has 0 fully saturated rings. The number of rotatable bonds is 6. The van der Waals surface area contributed by atoms with Crippen molar-refractivity contribution in [1.29, 1.82) is 5.26 Å². The summed E-state index contributed by atoms with van der Waals surface area (Å²) in [6.07, 6.45) is 1.63. The van der Waals surface area contributed by atoms with Gasteiger partial charge in [-0.3, -0.25) is 0 Å². The predicted octanol–water partition coefficient (Wildman–Crippen LogP) is 2.48. The minimum atomic E-state index is 0.529. The van der Waals surface area contributed by atoms with E-state index in [1.165, 1.54) is 0 Å². The Morgan fingerprint density at radius 3 is 2.57 bits per heavy atom. The third-order valence-electron chi connectivity index (χ3n) is 3.02. The second-order valence-electron chi connectivity index (χ2n) is 4.46. The van der Waals surface area contributed by atoms with Crippen molar-refractivity contribution < 1.29 is 9.47 Å². The smallest absolute Gasteiger partial charge is 0.129 e. The van der Waals surface area contributed by atoms with Gasteiger partial charge in [-0.2, -0.15) is 5.26 Å². The van der Waals surface area contributed by atoms with Crippen LogP contribution in [0, 0.1) is 11.3 Å². The first-order valence-corrected chi connectivity index (χ1v) is 6.57. The molecule has 0 spiro atoms. The molecule has 21 heavy (non-hydrogen) atoms. The molecule has 108 valence electrons. The topological polar surface area (TPSA) is 58.4 Å². The molecule has 0 radical (unpaired) electrons. The number of likely N-dealkylation sites (N-methyl/N-ethyl adjacent to an activating group) is 1. The first kappa shape index (κ1) is 14.7.